The van der Waals surface area contributed by atoms with Crippen molar-refractivity contribution in [1.29, 1.82) is 0 Å². The van der Waals surface area contributed by atoms with Crippen LogP contribution in [-0.4, -0.2) is 60.1 Å². The van der Waals surface area contributed by atoms with E-state index in [1.165, 1.54) is 0 Å². The predicted molar refractivity (Wildman–Crippen MR) is 95.5 cm³/mol. The number of carboxylic acid groups (broad SMARTS) is 1. The molecular formula is C19H28N2O4. The number of hydrogen-bond donors (Lipinski definition) is 1. The fraction of sp³-hybridized carbons (Fsp3) is 0.579. The summed E-state index contributed by atoms with van der Waals surface area (Å²) in [6.07, 6.45) is 2.60. The summed E-state index contributed by atoms with van der Waals surface area (Å²) in [4.78, 5) is 27.6. The van der Waals surface area contributed by atoms with Crippen molar-refractivity contribution in [3.8, 4) is 5.75 Å². The number of nitrogens with zero attached hydrogens (tertiary/aromatic N) is 2. The Balaban J connectivity index is 1.95. The molecule has 6 nitrogen and oxygen atoms in total. The number of ether oxygens (including phenoxy) is 1. The van der Waals surface area contributed by atoms with E-state index in [1.54, 1.807) is 7.11 Å². The SMILES string of the molecule is CCCCN(Cc1ccc(OC)cc1)C(=O)CN1CCC(C(=O)O)C1. The van der Waals surface area contributed by atoms with Crippen molar-refractivity contribution in [2.75, 3.05) is 33.3 Å². The molecule has 0 aromatic heterocycles. The number of benzene rings is 1. The third kappa shape index (κ3) is 5.74. The van der Waals surface area contributed by atoms with E-state index in [2.05, 4.69) is 6.92 Å². The molecule has 138 valence electrons. The molecule has 1 aromatic rings. The van der Waals surface area contributed by atoms with E-state index < -0.39 is 5.97 Å². The van der Waals surface area contributed by atoms with Gasteiger partial charge >= 0.3 is 5.97 Å². The molecule has 0 radical (unpaired) electrons. The van der Waals surface area contributed by atoms with Gasteiger partial charge in [-0.25, -0.2) is 0 Å². The summed E-state index contributed by atoms with van der Waals surface area (Å²) in [7, 11) is 1.63. The van der Waals surface area contributed by atoms with Crippen LogP contribution in [0, 0.1) is 5.92 Å². The van der Waals surface area contributed by atoms with Gasteiger partial charge in [0, 0.05) is 19.6 Å². The molecule has 1 saturated heterocycles. The highest BCUT2D eigenvalue weighted by atomic mass is 16.5. The van der Waals surface area contributed by atoms with Crippen molar-refractivity contribution >= 4 is 11.9 Å². The number of unbranched alkanes of at least 4 members (excludes halogenated alkanes) is 1. The second kappa shape index (κ2) is 9.42. The molecular weight excluding hydrogens is 320 g/mol. The van der Waals surface area contributed by atoms with Gasteiger partial charge in [0.25, 0.3) is 0 Å². The first-order chi connectivity index (χ1) is 12.0. The molecule has 1 atom stereocenters. The molecule has 1 aromatic carbocycles. The summed E-state index contributed by atoms with van der Waals surface area (Å²) < 4.78 is 5.17. The quantitative estimate of drug-likeness (QED) is 0.741. The molecule has 1 N–H and O–H groups in total. The number of likely N-dealkylation sites (tertiary alicyclic amines) is 1. The van der Waals surface area contributed by atoms with Gasteiger partial charge in [-0.15, -0.1) is 0 Å². The lowest BCUT2D eigenvalue weighted by atomic mass is 10.1. The molecule has 2 rings (SSSR count). The fourth-order valence-electron chi connectivity index (χ4n) is 3.06. The van der Waals surface area contributed by atoms with Crippen LogP contribution in [0.2, 0.25) is 0 Å². The second-order valence-electron chi connectivity index (χ2n) is 6.58. The summed E-state index contributed by atoms with van der Waals surface area (Å²) in [5.74, 6) is -0.253. The van der Waals surface area contributed by atoms with Gasteiger partial charge in [0.1, 0.15) is 5.75 Å². The first-order valence-corrected chi connectivity index (χ1v) is 8.89. The van der Waals surface area contributed by atoms with E-state index in [1.807, 2.05) is 34.1 Å². The number of carbonyl (C=O) groups is 2. The summed E-state index contributed by atoms with van der Waals surface area (Å²) in [6.45, 7) is 4.83. The number of rotatable bonds is 9. The molecule has 25 heavy (non-hydrogen) atoms. The van der Waals surface area contributed by atoms with E-state index >= 15 is 0 Å². The maximum Gasteiger partial charge on any atom is 0.307 e. The van der Waals surface area contributed by atoms with Crippen LogP contribution in [0.25, 0.3) is 0 Å². The Hall–Kier alpha value is -2.08. The average Bonchev–Trinajstić information content (AvgIpc) is 3.07. The molecule has 0 saturated carbocycles. The molecule has 0 bridgehead atoms. The lowest BCUT2D eigenvalue weighted by molar-refractivity contribution is -0.141. The van der Waals surface area contributed by atoms with E-state index in [0.717, 1.165) is 30.7 Å². The van der Waals surface area contributed by atoms with Gasteiger partial charge in [-0.05, 0) is 37.1 Å². The number of amides is 1. The van der Waals surface area contributed by atoms with Crippen molar-refractivity contribution in [3.63, 3.8) is 0 Å². The molecule has 0 spiro atoms. The Morgan fingerprint density at radius 3 is 2.60 bits per heavy atom. The van der Waals surface area contributed by atoms with E-state index in [4.69, 9.17) is 9.84 Å². The molecule has 1 aliphatic heterocycles. The minimum atomic E-state index is -0.768. The number of carboxylic acids is 1. The van der Waals surface area contributed by atoms with Gasteiger partial charge in [0.05, 0.1) is 19.6 Å². The smallest absolute Gasteiger partial charge is 0.307 e. The number of aliphatic carboxylic acids is 1. The van der Waals surface area contributed by atoms with E-state index in [-0.39, 0.29) is 11.8 Å². The van der Waals surface area contributed by atoms with Crippen molar-refractivity contribution in [2.24, 2.45) is 5.92 Å². The standard InChI is InChI=1S/C19H28N2O4/c1-3-4-10-21(12-15-5-7-17(25-2)8-6-15)18(22)14-20-11-9-16(13-20)19(23)24/h5-8,16H,3-4,9-14H2,1-2H3,(H,23,24). The van der Waals surface area contributed by atoms with E-state index in [9.17, 15) is 9.59 Å². The lowest BCUT2D eigenvalue weighted by Crippen LogP contribution is -2.40. The fourth-order valence-corrected chi connectivity index (χ4v) is 3.06. The van der Waals surface area contributed by atoms with Gasteiger partial charge in [-0.2, -0.15) is 0 Å². The van der Waals surface area contributed by atoms with Crippen LogP contribution in [-0.2, 0) is 16.1 Å². The zero-order valence-electron chi connectivity index (χ0n) is 15.1. The van der Waals surface area contributed by atoms with Crippen LogP contribution in [0.1, 0.15) is 31.7 Å². The highest BCUT2D eigenvalue weighted by molar-refractivity contribution is 5.78. The zero-order valence-corrected chi connectivity index (χ0v) is 15.1. The van der Waals surface area contributed by atoms with Crippen LogP contribution < -0.4 is 4.74 Å². The first-order valence-electron chi connectivity index (χ1n) is 8.89. The zero-order chi connectivity index (χ0) is 18.2. The Morgan fingerprint density at radius 2 is 2.04 bits per heavy atom. The molecule has 0 aliphatic carbocycles. The lowest BCUT2D eigenvalue weighted by Gasteiger charge is -2.25. The highest BCUT2D eigenvalue weighted by Crippen LogP contribution is 2.17. The molecule has 1 amide bonds. The Kier molecular flexibility index (Phi) is 7.25. The maximum atomic E-state index is 12.7. The topological polar surface area (TPSA) is 70.1 Å². The number of carbonyl (C=O) groups excluding carboxylic acids is 1. The monoisotopic (exact) mass is 348 g/mol. The highest BCUT2D eigenvalue weighted by Gasteiger charge is 2.29. The number of methoxy groups -OCH3 is 1. The third-order valence-corrected chi connectivity index (χ3v) is 4.65. The summed E-state index contributed by atoms with van der Waals surface area (Å²) in [6, 6.07) is 7.74. The van der Waals surface area contributed by atoms with Crippen LogP contribution >= 0.6 is 0 Å². The Labute approximate surface area is 149 Å². The predicted octanol–water partition coefficient (Wildman–Crippen LogP) is 2.23. The maximum absolute atomic E-state index is 12.7. The van der Waals surface area contributed by atoms with Crippen LogP contribution in [0.15, 0.2) is 24.3 Å². The average molecular weight is 348 g/mol. The Morgan fingerprint density at radius 1 is 1.32 bits per heavy atom. The largest absolute Gasteiger partial charge is 0.497 e. The van der Waals surface area contributed by atoms with Crippen LogP contribution in [0.3, 0.4) is 0 Å². The minimum absolute atomic E-state index is 0.0651. The first kappa shape index (κ1) is 19.2. The van der Waals surface area contributed by atoms with Crippen molar-refractivity contribution < 1.29 is 19.4 Å². The van der Waals surface area contributed by atoms with Crippen LogP contribution in [0.5, 0.6) is 5.75 Å². The van der Waals surface area contributed by atoms with Gasteiger partial charge in [-0.1, -0.05) is 25.5 Å². The van der Waals surface area contributed by atoms with Crippen molar-refractivity contribution in [3.05, 3.63) is 29.8 Å². The summed E-state index contributed by atoms with van der Waals surface area (Å²) in [5, 5.41) is 9.10. The molecule has 6 heteroatoms. The van der Waals surface area contributed by atoms with Crippen molar-refractivity contribution in [1.82, 2.24) is 9.80 Å². The van der Waals surface area contributed by atoms with Gasteiger partial charge < -0.3 is 14.7 Å². The van der Waals surface area contributed by atoms with Gasteiger partial charge in [0.15, 0.2) is 0 Å². The third-order valence-electron chi connectivity index (χ3n) is 4.65. The second-order valence-corrected chi connectivity index (χ2v) is 6.58. The molecule has 1 unspecified atom stereocenters. The Bertz CT molecular complexity index is 573. The van der Waals surface area contributed by atoms with Crippen LogP contribution in [0.4, 0.5) is 0 Å². The van der Waals surface area contributed by atoms with Gasteiger partial charge in [0.2, 0.25) is 5.91 Å². The normalized spacial score (nSPS) is 17.4. The molecule has 1 fully saturated rings. The number of hydrogen-bond acceptors (Lipinski definition) is 4. The molecule has 1 heterocycles. The van der Waals surface area contributed by atoms with Gasteiger partial charge in [-0.3, -0.25) is 14.5 Å². The van der Waals surface area contributed by atoms with Crippen molar-refractivity contribution in [2.45, 2.75) is 32.7 Å². The van der Waals surface area contributed by atoms with E-state index in [0.29, 0.717) is 32.6 Å². The summed E-state index contributed by atoms with van der Waals surface area (Å²) in [5.41, 5.74) is 1.06. The minimum Gasteiger partial charge on any atom is -0.497 e. The molecule has 1 aliphatic rings. The summed E-state index contributed by atoms with van der Waals surface area (Å²) >= 11 is 0.